The predicted molar refractivity (Wildman–Crippen MR) is 80.3 cm³/mol. The fourth-order valence-corrected chi connectivity index (χ4v) is 2.56. The smallest absolute Gasteiger partial charge is 0.0504 e. The summed E-state index contributed by atoms with van der Waals surface area (Å²) in [6, 6.07) is 8.44. The number of hydrogen-bond acceptors (Lipinski definition) is 2. The molecule has 0 spiro atoms. The van der Waals surface area contributed by atoms with E-state index in [0.29, 0.717) is 0 Å². The molecule has 102 valence electrons. The van der Waals surface area contributed by atoms with Crippen molar-refractivity contribution in [1.29, 1.82) is 0 Å². The van der Waals surface area contributed by atoms with Crippen LogP contribution in [0.3, 0.4) is 0 Å². The quantitative estimate of drug-likeness (QED) is 0.846. The minimum atomic E-state index is 0.0701. The third-order valence-corrected chi connectivity index (χ3v) is 4.18. The summed E-state index contributed by atoms with van der Waals surface area (Å²) in [4.78, 5) is 2.29. The van der Waals surface area contributed by atoms with Crippen LogP contribution in [0.5, 0.6) is 0 Å². The predicted octanol–water partition coefficient (Wildman–Crippen LogP) is 3.72. The second-order valence-electron chi connectivity index (χ2n) is 5.15. The lowest BCUT2D eigenvalue weighted by Gasteiger charge is -2.43. The number of halogens is 1. The Labute approximate surface area is 116 Å². The van der Waals surface area contributed by atoms with E-state index in [1.807, 2.05) is 12.1 Å². The summed E-state index contributed by atoms with van der Waals surface area (Å²) in [6.45, 7) is 7.61. The molecule has 0 amide bonds. The summed E-state index contributed by atoms with van der Waals surface area (Å²) in [5.41, 5.74) is 1.32. The molecule has 0 heterocycles. The first-order valence-corrected chi connectivity index (χ1v) is 6.99. The van der Waals surface area contributed by atoms with Crippen molar-refractivity contribution in [2.24, 2.45) is 0 Å². The molecular formula is C15H25ClN2. The standard InChI is InChI=1S/C15H25ClN2/c1-6-15(3,18(4)5)14(17-7-2)12-9-8-10-13(16)11-12/h8-11,14,17H,6-7H2,1-5H3. The molecule has 1 rings (SSSR count). The summed E-state index contributed by atoms with van der Waals surface area (Å²) in [7, 11) is 4.27. The molecule has 0 aliphatic rings. The van der Waals surface area contributed by atoms with E-state index in [-0.39, 0.29) is 11.6 Å². The molecule has 0 saturated carbocycles. The van der Waals surface area contributed by atoms with Gasteiger partial charge in [0.05, 0.1) is 6.04 Å². The van der Waals surface area contributed by atoms with E-state index in [0.717, 1.165) is 18.0 Å². The zero-order valence-electron chi connectivity index (χ0n) is 12.1. The number of likely N-dealkylation sites (N-methyl/N-ethyl adjacent to an activating group) is 2. The van der Waals surface area contributed by atoms with Gasteiger partial charge < -0.3 is 10.2 Å². The molecule has 2 atom stereocenters. The topological polar surface area (TPSA) is 15.3 Å². The third-order valence-electron chi connectivity index (χ3n) is 3.95. The van der Waals surface area contributed by atoms with Crippen LogP contribution in [0.2, 0.25) is 5.02 Å². The van der Waals surface area contributed by atoms with Crippen LogP contribution in [0.25, 0.3) is 0 Å². The zero-order chi connectivity index (χ0) is 13.8. The zero-order valence-corrected chi connectivity index (χ0v) is 12.9. The minimum absolute atomic E-state index is 0.0701. The van der Waals surface area contributed by atoms with E-state index < -0.39 is 0 Å². The van der Waals surface area contributed by atoms with Gasteiger partial charge in [-0.25, -0.2) is 0 Å². The van der Waals surface area contributed by atoms with Gasteiger partial charge in [-0.3, -0.25) is 0 Å². The van der Waals surface area contributed by atoms with E-state index in [2.05, 4.69) is 57.2 Å². The van der Waals surface area contributed by atoms with Crippen LogP contribution in [0.1, 0.15) is 38.8 Å². The van der Waals surface area contributed by atoms with Gasteiger partial charge in [0.2, 0.25) is 0 Å². The van der Waals surface area contributed by atoms with Gasteiger partial charge in [0, 0.05) is 10.6 Å². The Morgan fingerprint density at radius 2 is 2.00 bits per heavy atom. The number of nitrogens with one attached hydrogen (secondary N) is 1. The molecule has 0 fully saturated rings. The van der Waals surface area contributed by atoms with E-state index in [1.165, 1.54) is 5.56 Å². The van der Waals surface area contributed by atoms with Gasteiger partial charge in [0.25, 0.3) is 0 Å². The van der Waals surface area contributed by atoms with Crippen LogP contribution < -0.4 is 5.32 Å². The summed E-state index contributed by atoms with van der Waals surface area (Å²) >= 11 is 6.12. The molecule has 0 aromatic heterocycles. The van der Waals surface area contributed by atoms with Crippen molar-refractivity contribution in [3.8, 4) is 0 Å². The average Bonchev–Trinajstić information content (AvgIpc) is 2.34. The van der Waals surface area contributed by atoms with Crippen LogP contribution >= 0.6 is 11.6 Å². The second-order valence-corrected chi connectivity index (χ2v) is 5.59. The van der Waals surface area contributed by atoms with Gasteiger partial charge in [0.1, 0.15) is 0 Å². The Balaban J connectivity index is 3.16. The molecule has 3 heteroatoms. The van der Waals surface area contributed by atoms with Crippen molar-refractivity contribution in [2.45, 2.75) is 38.8 Å². The van der Waals surface area contributed by atoms with E-state index in [9.17, 15) is 0 Å². The summed E-state index contributed by atoms with van der Waals surface area (Å²) in [5, 5.41) is 4.40. The average molecular weight is 269 g/mol. The Hall–Kier alpha value is -0.570. The highest BCUT2D eigenvalue weighted by molar-refractivity contribution is 6.30. The molecule has 0 saturated heterocycles. The minimum Gasteiger partial charge on any atom is -0.309 e. The molecule has 1 N–H and O–H groups in total. The Morgan fingerprint density at radius 3 is 2.44 bits per heavy atom. The normalized spacial score (nSPS) is 16.6. The van der Waals surface area contributed by atoms with Crippen molar-refractivity contribution in [1.82, 2.24) is 10.2 Å². The lowest BCUT2D eigenvalue weighted by Crippen LogP contribution is -2.51. The molecule has 0 aliphatic heterocycles. The van der Waals surface area contributed by atoms with Gasteiger partial charge in [-0.1, -0.05) is 37.6 Å². The monoisotopic (exact) mass is 268 g/mol. The summed E-state index contributed by atoms with van der Waals surface area (Å²) in [6.07, 6.45) is 1.07. The SMILES string of the molecule is CCNC(c1cccc(Cl)c1)C(C)(CC)N(C)C. The van der Waals surface area contributed by atoms with Gasteiger partial charge in [-0.05, 0) is 51.7 Å². The van der Waals surface area contributed by atoms with Gasteiger partial charge in [0.15, 0.2) is 0 Å². The Kier molecular flexibility index (Phi) is 5.64. The van der Waals surface area contributed by atoms with E-state index >= 15 is 0 Å². The van der Waals surface area contributed by atoms with Crippen molar-refractivity contribution in [3.05, 3.63) is 34.9 Å². The lowest BCUT2D eigenvalue weighted by atomic mass is 9.83. The van der Waals surface area contributed by atoms with Crippen LogP contribution in [0, 0.1) is 0 Å². The molecule has 0 bridgehead atoms. The summed E-state index contributed by atoms with van der Waals surface area (Å²) < 4.78 is 0. The van der Waals surface area contributed by atoms with Gasteiger partial charge in [-0.2, -0.15) is 0 Å². The van der Waals surface area contributed by atoms with Gasteiger partial charge >= 0.3 is 0 Å². The lowest BCUT2D eigenvalue weighted by molar-refractivity contribution is 0.113. The van der Waals surface area contributed by atoms with Crippen molar-refractivity contribution in [2.75, 3.05) is 20.6 Å². The van der Waals surface area contributed by atoms with E-state index in [1.54, 1.807) is 0 Å². The van der Waals surface area contributed by atoms with Crippen molar-refractivity contribution in [3.63, 3.8) is 0 Å². The molecule has 0 aliphatic carbocycles. The highest BCUT2D eigenvalue weighted by Gasteiger charge is 2.35. The fourth-order valence-electron chi connectivity index (χ4n) is 2.37. The Morgan fingerprint density at radius 1 is 1.33 bits per heavy atom. The number of nitrogens with zero attached hydrogens (tertiary/aromatic N) is 1. The van der Waals surface area contributed by atoms with Crippen molar-refractivity contribution >= 4 is 11.6 Å². The van der Waals surface area contributed by atoms with Crippen LogP contribution in [-0.2, 0) is 0 Å². The van der Waals surface area contributed by atoms with Gasteiger partial charge in [-0.15, -0.1) is 0 Å². The third kappa shape index (κ3) is 3.25. The number of benzene rings is 1. The molecule has 2 unspecified atom stereocenters. The maximum atomic E-state index is 6.12. The molecular weight excluding hydrogens is 244 g/mol. The van der Waals surface area contributed by atoms with Crippen LogP contribution in [0.15, 0.2) is 24.3 Å². The highest BCUT2D eigenvalue weighted by atomic mass is 35.5. The van der Waals surface area contributed by atoms with Crippen molar-refractivity contribution < 1.29 is 0 Å². The summed E-state index contributed by atoms with van der Waals surface area (Å²) in [5.74, 6) is 0. The number of rotatable bonds is 6. The second kappa shape index (κ2) is 6.55. The maximum absolute atomic E-state index is 6.12. The molecule has 1 aromatic rings. The van der Waals surface area contributed by atoms with E-state index in [4.69, 9.17) is 11.6 Å². The fraction of sp³-hybridized carbons (Fsp3) is 0.600. The van der Waals surface area contributed by atoms with Crippen LogP contribution in [-0.4, -0.2) is 31.1 Å². The molecule has 18 heavy (non-hydrogen) atoms. The Bertz CT molecular complexity index is 379. The first-order valence-electron chi connectivity index (χ1n) is 6.62. The molecule has 2 nitrogen and oxygen atoms in total. The molecule has 0 radical (unpaired) electrons. The maximum Gasteiger partial charge on any atom is 0.0504 e. The highest BCUT2D eigenvalue weighted by Crippen LogP contribution is 2.33. The first kappa shape index (κ1) is 15.5. The largest absolute Gasteiger partial charge is 0.309 e. The van der Waals surface area contributed by atoms with Crippen LogP contribution in [0.4, 0.5) is 0 Å². The number of hydrogen-bond donors (Lipinski definition) is 1. The molecule has 1 aromatic carbocycles. The first-order chi connectivity index (χ1) is 8.45.